The van der Waals surface area contributed by atoms with Crippen LogP contribution in [0, 0.1) is 10.1 Å². The molecule has 0 aromatic carbocycles. The topological polar surface area (TPSA) is 103 Å². The van der Waals surface area contributed by atoms with E-state index in [-0.39, 0.29) is 23.4 Å². The molecule has 1 aromatic rings. The lowest BCUT2D eigenvalue weighted by Crippen LogP contribution is -2.15. The SMILES string of the molecule is CCCCCCC(C)Oc1nc(C(=O)O)ccc1[N+](=O)[O-]. The van der Waals surface area contributed by atoms with E-state index < -0.39 is 10.9 Å². The quantitative estimate of drug-likeness (QED) is 0.425. The van der Waals surface area contributed by atoms with Crippen LogP contribution in [0.3, 0.4) is 0 Å². The maximum Gasteiger partial charge on any atom is 0.354 e. The molecule has 1 aromatic heterocycles. The van der Waals surface area contributed by atoms with E-state index in [0.29, 0.717) is 0 Å². The summed E-state index contributed by atoms with van der Waals surface area (Å²) in [6, 6.07) is 2.20. The highest BCUT2D eigenvalue weighted by molar-refractivity contribution is 5.85. The van der Waals surface area contributed by atoms with Crippen molar-refractivity contribution in [1.82, 2.24) is 4.98 Å². The molecule has 1 heterocycles. The molecule has 0 spiro atoms. The summed E-state index contributed by atoms with van der Waals surface area (Å²) in [5, 5.41) is 19.8. The minimum absolute atomic E-state index is 0.233. The molecule has 0 saturated heterocycles. The van der Waals surface area contributed by atoms with Crippen LogP contribution in [0.5, 0.6) is 5.88 Å². The van der Waals surface area contributed by atoms with Gasteiger partial charge in [-0.15, -0.1) is 0 Å². The molecule has 0 fully saturated rings. The first-order valence-electron chi connectivity index (χ1n) is 7.01. The summed E-state index contributed by atoms with van der Waals surface area (Å²) in [4.78, 5) is 24.9. The number of rotatable bonds is 9. The van der Waals surface area contributed by atoms with Crippen molar-refractivity contribution in [3.63, 3.8) is 0 Å². The smallest absolute Gasteiger partial charge is 0.354 e. The maximum absolute atomic E-state index is 10.9. The Morgan fingerprint density at radius 3 is 2.71 bits per heavy atom. The molecule has 7 nitrogen and oxygen atoms in total. The van der Waals surface area contributed by atoms with Crippen molar-refractivity contribution >= 4 is 11.7 Å². The number of carboxylic acid groups (broad SMARTS) is 1. The van der Waals surface area contributed by atoms with Crippen LogP contribution in [0.1, 0.15) is 56.4 Å². The lowest BCUT2D eigenvalue weighted by molar-refractivity contribution is -0.386. The first kappa shape index (κ1) is 16.9. The van der Waals surface area contributed by atoms with E-state index in [0.717, 1.165) is 44.2 Å². The number of unbranched alkanes of at least 4 members (excludes halogenated alkanes) is 3. The van der Waals surface area contributed by atoms with Crippen LogP contribution in [-0.4, -0.2) is 27.1 Å². The fraction of sp³-hybridized carbons (Fsp3) is 0.571. The second-order valence-electron chi connectivity index (χ2n) is 4.86. The van der Waals surface area contributed by atoms with Gasteiger partial charge in [0.05, 0.1) is 11.0 Å². The zero-order valence-corrected chi connectivity index (χ0v) is 12.2. The Balaban J connectivity index is 2.77. The lowest BCUT2D eigenvalue weighted by atomic mass is 10.1. The summed E-state index contributed by atoms with van der Waals surface area (Å²) in [6.07, 6.45) is 4.80. The summed E-state index contributed by atoms with van der Waals surface area (Å²) in [5.41, 5.74) is -0.589. The molecule has 0 amide bonds. The van der Waals surface area contributed by atoms with Gasteiger partial charge in [0.15, 0.2) is 5.69 Å². The number of nitro groups is 1. The third-order valence-electron chi connectivity index (χ3n) is 3.03. The summed E-state index contributed by atoms with van der Waals surface area (Å²) in [6.45, 7) is 3.91. The Kier molecular flexibility index (Phi) is 6.58. The molecule has 0 aliphatic heterocycles. The summed E-state index contributed by atoms with van der Waals surface area (Å²) < 4.78 is 5.46. The number of aromatic nitrogens is 1. The molecular weight excluding hydrogens is 276 g/mol. The molecule has 1 unspecified atom stereocenters. The highest BCUT2D eigenvalue weighted by Crippen LogP contribution is 2.26. The fourth-order valence-corrected chi connectivity index (χ4v) is 1.89. The highest BCUT2D eigenvalue weighted by Gasteiger charge is 2.21. The van der Waals surface area contributed by atoms with Gasteiger partial charge in [0.25, 0.3) is 5.88 Å². The number of hydrogen-bond donors (Lipinski definition) is 1. The summed E-state index contributed by atoms with van der Waals surface area (Å²) in [5.74, 6) is -1.48. The Morgan fingerprint density at radius 2 is 2.14 bits per heavy atom. The van der Waals surface area contributed by atoms with Gasteiger partial charge >= 0.3 is 11.7 Å². The number of hydrogen-bond acceptors (Lipinski definition) is 5. The van der Waals surface area contributed by atoms with Crippen LogP contribution >= 0.6 is 0 Å². The third-order valence-corrected chi connectivity index (χ3v) is 3.03. The zero-order valence-electron chi connectivity index (χ0n) is 12.2. The van der Waals surface area contributed by atoms with E-state index in [4.69, 9.17) is 9.84 Å². The molecule has 0 bridgehead atoms. The molecule has 0 radical (unpaired) electrons. The Labute approximate surface area is 123 Å². The van der Waals surface area contributed by atoms with Gasteiger partial charge in [-0.2, -0.15) is 0 Å². The fourth-order valence-electron chi connectivity index (χ4n) is 1.89. The van der Waals surface area contributed by atoms with Gasteiger partial charge < -0.3 is 9.84 Å². The van der Waals surface area contributed by atoms with Crippen molar-refractivity contribution in [2.45, 2.75) is 52.1 Å². The van der Waals surface area contributed by atoms with Gasteiger partial charge in [0.1, 0.15) is 0 Å². The molecule has 1 atom stereocenters. The summed E-state index contributed by atoms with van der Waals surface area (Å²) in [7, 11) is 0. The molecule has 7 heteroatoms. The molecule has 0 aliphatic rings. The van der Waals surface area contributed by atoms with Crippen LogP contribution < -0.4 is 4.74 Å². The van der Waals surface area contributed by atoms with Crippen LogP contribution in [-0.2, 0) is 0 Å². The predicted molar refractivity (Wildman–Crippen MR) is 76.7 cm³/mol. The molecule has 1 rings (SSSR count). The molecule has 0 aliphatic carbocycles. The van der Waals surface area contributed by atoms with Crippen molar-refractivity contribution in [3.05, 3.63) is 27.9 Å². The maximum atomic E-state index is 10.9. The van der Waals surface area contributed by atoms with E-state index in [1.807, 2.05) is 0 Å². The third kappa shape index (κ3) is 5.37. The van der Waals surface area contributed by atoms with Crippen LogP contribution in [0.2, 0.25) is 0 Å². The van der Waals surface area contributed by atoms with E-state index in [1.165, 1.54) is 0 Å². The average Bonchev–Trinajstić information content (AvgIpc) is 2.43. The van der Waals surface area contributed by atoms with Crippen molar-refractivity contribution in [2.24, 2.45) is 0 Å². The number of nitrogens with zero attached hydrogens (tertiary/aromatic N) is 2. The second-order valence-corrected chi connectivity index (χ2v) is 4.86. The van der Waals surface area contributed by atoms with Gasteiger partial charge in [-0.05, 0) is 25.8 Å². The minimum atomic E-state index is -1.25. The van der Waals surface area contributed by atoms with Gasteiger partial charge in [0.2, 0.25) is 0 Å². The van der Waals surface area contributed by atoms with Crippen molar-refractivity contribution in [1.29, 1.82) is 0 Å². The molecule has 1 N–H and O–H groups in total. The zero-order chi connectivity index (χ0) is 15.8. The molecule has 116 valence electrons. The number of pyridine rings is 1. The Hall–Kier alpha value is -2.18. The van der Waals surface area contributed by atoms with E-state index in [1.54, 1.807) is 6.92 Å². The number of carbonyl (C=O) groups is 1. The highest BCUT2D eigenvalue weighted by atomic mass is 16.6. The Bertz CT molecular complexity index is 504. The van der Waals surface area contributed by atoms with Gasteiger partial charge in [-0.25, -0.2) is 9.78 Å². The van der Waals surface area contributed by atoms with Gasteiger partial charge in [-0.3, -0.25) is 10.1 Å². The van der Waals surface area contributed by atoms with Crippen LogP contribution in [0.15, 0.2) is 12.1 Å². The van der Waals surface area contributed by atoms with E-state index >= 15 is 0 Å². The monoisotopic (exact) mass is 296 g/mol. The standard InChI is InChI=1S/C14H20N2O5/c1-3-4-5-6-7-10(2)21-13-12(16(19)20)9-8-11(15-13)14(17)18/h8-10H,3-7H2,1-2H3,(H,17,18). The first-order chi connectivity index (χ1) is 9.95. The van der Waals surface area contributed by atoms with Crippen molar-refractivity contribution < 1.29 is 19.6 Å². The number of aromatic carboxylic acids is 1. The summed E-state index contributed by atoms with van der Waals surface area (Å²) >= 11 is 0. The number of carboxylic acids is 1. The first-order valence-corrected chi connectivity index (χ1v) is 7.01. The average molecular weight is 296 g/mol. The number of ether oxygens (including phenoxy) is 1. The van der Waals surface area contributed by atoms with E-state index in [2.05, 4.69) is 11.9 Å². The molecule has 21 heavy (non-hydrogen) atoms. The largest absolute Gasteiger partial charge is 0.477 e. The normalized spacial score (nSPS) is 11.9. The molecular formula is C14H20N2O5. The van der Waals surface area contributed by atoms with Crippen LogP contribution in [0.25, 0.3) is 0 Å². The van der Waals surface area contributed by atoms with Crippen LogP contribution in [0.4, 0.5) is 5.69 Å². The van der Waals surface area contributed by atoms with Crippen molar-refractivity contribution in [3.8, 4) is 5.88 Å². The minimum Gasteiger partial charge on any atom is -0.477 e. The van der Waals surface area contributed by atoms with Gasteiger partial charge in [-0.1, -0.05) is 26.2 Å². The van der Waals surface area contributed by atoms with E-state index in [9.17, 15) is 14.9 Å². The predicted octanol–water partition coefficient (Wildman–Crippen LogP) is 3.43. The van der Waals surface area contributed by atoms with Crippen molar-refractivity contribution in [2.75, 3.05) is 0 Å². The molecule has 0 saturated carbocycles. The lowest BCUT2D eigenvalue weighted by Gasteiger charge is -2.14. The Morgan fingerprint density at radius 1 is 1.43 bits per heavy atom. The second kappa shape index (κ2) is 8.18. The van der Waals surface area contributed by atoms with Gasteiger partial charge in [0, 0.05) is 6.07 Å².